The van der Waals surface area contributed by atoms with Crippen LogP contribution >= 0.6 is 6.38 Å². The molecule has 0 N–H and O–H groups in total. The fraction of sp³-hybridized carbons (Fsp3) is 0.100. The summed E-state index contributed by atoms with van der Waals surface area (Å²) < 4.78 is 6.77. The Balaban J connectivity index is 2.41. The summed E-state index contributed by atoms with van der Waals surface area (Å²) in [5.41, 5.74) is 0. The monoisotopic (exact) mass is 338 g/mol. The van der Waals surface area contributed by atoms with Gasteiger partial charge in [-0.05, 0) is 0 Å². The van der Waals surface area contributed by atoms with Crippen molar-refractivity contribution in [3.8, 4) is 0 Å². The van der Waals surface area contributed by atoms with Gasteiger partial charge >= 0.3 is 141 Å². The molecular weight excluding hydrogens is 315 g/mol. The van der Waals surface area contributed by atoms with Crippen molar-refractivity contribution in [1.82, 2.24) is 0 Å². The maximum absolute atomic E-state index is 6.77. The molecule has 23 heavy (non-hydrogen) atoms. The van der Waals surface area contributed by atoms with Crippen LogP contribution in [0.25, 0.3) is 0 Å². The zero-order valence-corrected chi connectivity index (χ0v) is 16.6. The molecule has 0 aromatic heterocycles. The molecule has 3 rings (SSSR count). The molecule has 0 radical (unpaired) electrons. The zero-order chi connectivity index (χ0) is 16.2. The van der Waals surface area contributed by atoms with Crippen molar-refractivity contribution in [2.75, 3.05) is 6.61 Å². The van der Waals surface area contributed by atoms with Crippen LogP contribution in [0.4, 0.5) is 0 Å². The molecule has 0 fully saturated rings. The van der Waals surface area contributed by atoms with Crippen molar-refractivity contribution in [2.45, 2.75) is 6.92 Å². The Bertz CT molecular complexity index is 660. The summed E-state index contributed by atoms with van der Waals surface area (Å²) in [6, 6.07) is 32.4. The molecule has 118 valence electrons. The maximum atomic E-state index is 6.77. The summed E-state index contributed by atoms with van der Waals surface area (Å²) in [4.78, 5) is 0. The van der Waals surface area contributed by atoms with Gasteiger partial charge in [0, 0.05) is 0 Å². The Hall–Kier alpha value is -1.73. The summed E-state index contributed by atoms with van der Waals surface area (Å²) >= 11 is 0. The van der Waals surface area contributed by atoms with Crippen LogP contribution in [0.1, 0.15) is 6.92 Å². The van der Waals surface area contributed by atoms with Gasteiger partial charge in [0.25, 0.3) is 0 Å². The third kappa shape index (κ3) is 2.57. The summed E-state index contributed by atoms with van der Waals surface area (Å²) in [7, 11) is 0.928. The van der Waals surface area contributed by atoms with Gasteiger partial charge in [-0.15, -0.1) is 0 Å². The van der Waals surface area contributed by atoms with Crippen LogP contribution in [0.3, 0.4) is 0 Å². The third-order valence-electron chi connectivity index (χ3n) is 4.59. The average molecular weight is 338 g/mol. The number of benzene rings is 3. The van der Waals surface area contributed by atoms with Crippen molar-refractivity contribution >= 4 is 32.2 Å². The first kappa shape index (κ1) is 16.1. The van der Waals surface area contributed by atoms with Crippen LogP contribution in [0.2, 0.25) is 0 Å². The first-order chi connectivity index (χ1) is 11.2. The van der Waals surface area contributed by atoms with E-state index < -0.39 is 6.38 Å². The minimum absolute atomic E-state index is 0.708. The Morgan fingerprint density at radius 1 is 0.652 bits per heavy atom. The van der Waals surface area contributed by atoms with E-state index in [0.29, 0.717) is 6.61 Å². The molecule has 0 aliphatic rings. The average Bonchev–Trinajstić information content (AvgIpc) is 2.64. The first-order valence-corrected chi connectivity index (χ1v) is 13.3. The van der Waals surface area contributed by atoms with Crippen LogP contribution in [0.5, 0.6) is 0 Å². The van der Waals surface area contributed by atoms with Gasteiger partial charge in [0.05, 0.1) is 0 Å². The Morgan fingerprint density at radius 3 is 1.22 bits per heavy atom. The van der Waals surface area contributed by atoms with E-state index in [1.165, 1.54) is 15.9 Å². The van der Waals surface area contributed by atoms with E-state index >= 15 is 0 Å². The van der Waals surface area contributed by atoms with Crippen LogP contribution in [-0.4, -0.2) is 16.5 Å². The van der Waals surface area contributed by atoms with Crippen molar-refractivity contribution in [1.29, 1.82) is 0 Å². The van der Waals surface area contributed by atoms with Crippen molar-refractivity contribution < 1.29 is 4.52 Å². The molecule has 1 nitrogen and oxygen atoms in total. The molecule has 0 heterocycles. The Kier molecular flexibility index (Phi) is 4.50. The van der Waals surface area contributed by atoms with Gasteiger partial charge in [0.1, 0.15) is 0 Å². The molecule has 0 spiro atoms. The van der Waals surface area contributed by atoms with Gasteiger partial charge in [-0.2, -0.15) is 0 Å². The summed E-state index contributed by atoms with van der Waals surface area (Å²) in [6.07, 6.45) is -2.79. The van der Waals surface area contributed by atoms with Crippen molar-refractivity contribution in [3.05, 3.63) is 91.0 Å². The molecule has 0 aliphatic heterocycles. The van der Waals surface area contributed by atoms with Gasteiger partial charge in [0.2, 0.25) is 0 Å². The number of rotatable bonds is 5. The quantitative estimate of drug-likeness (QED) is 0.513. The van der Waals surface area contributed by atoms with E-state index in [1.807, 2.05) is 0 Å². The fourth-order valence-electron chi connectivity index (χ4n) is 3.35. The second kappa shape index (κ2) is 6.41. The standard InChI is InChI=1S/C20H23OPSi/c1-2-21-22(23,18-12-6-3-7-13-18,19-14-8-4-9-15-19)20-16-10-5-11-17-20/h3-17H,2H2,1,23H3. The molecule has 0 aliphatic carbocycles. The van der Waals surface area contributed by atoms with E-state index in [0.717, 1.165) is 9.91 Å². The fourth-order valence-corrected chi connectivity index (χ4v) is 11.5. The van der Waals surface area contributed by atoms with Gasteiger partial charge in [-0.3, -0.25) is 0 Å². The zero-order valence-electron chi connectivity index (χ0n) is 13.7. The molecule has 0 saturated heterocycles. The van der Waals surface area contributed by atoms with Gasteiger partial charge < -0.3 is 0 Å². The van der Waals surface area contributed by atoms with E-state index in [2.05, 4.69) is 97.9 Å². The van der Waals surface area contributed by atoms with Crippen LogP contribution in [-0.2, 0) is 4.52 Å². The molecule has 3 aromatic rings. The predicted molar refractivity (Wildman–Crippen MR) is 107 cm³/mol. The third-order valence-corrected chi connectivity index (χ3v) is 15.5. The summed E-state index contributed by atoms with van der Waals surface area (Å²) in [5, 5.41) is 3.97. The second-order valence-corrected chi connectivity index (χ2v) is 15.7. The van der Waals surface area contributed by atoms with E-state index in [9.17, 15) is 0 Å². The molecule has 0 bridgehead atoms. The predicted octanol–water partition coefficient (Wildman–Crippen LogP) is 2.75. The Labute approximate surface area is 141 Å². The molecule has 0 atom stereocenters. The molecule has 0 unspecified atom stereocenters. The second-order valence-electron chi connectivity index (χ2n) is 5.89. The van der Waals surface area contributed by atoms with E-state index in [1.54, 1.807) is 0 Å². The van der Waals surface area contributed by atoms with Gasteiger partial charge in [-0.25, -0.2) is 0 Å². The van der Waals surface area contributed by atoms with Gasteiger partial charge in [-0.1, -0.05) is 0 Å². The first-order valence-electron chi connectivity index (χ1n) is 8.03. The minimum atomic E-state index is -2.79. The number of hydrogen-bond donors (Lipinski definition) is 0. The molecule has 0 saturated carbocycles. The van der Waals surface area contributed by atoms with Crippen LogP contribution in [0.15, 0.2) is 91.0 Å². The van der Waals surface area contributed by atoms with Crippen LogP contribution < -0.4 is 15.9 Å². The normalized spacial score (nSPS) is 13.3. The van der Waals surface area contributed by atoms with E-state index in [4.69, 9.17) is 4.52 Å². The SMILES string of the molecule is CCOP([SiH3])(c1ccccc1)(c1ccccc1)c1ccccc1. The molecule has 0 amide bonds. The molecular formula is C20H23OPSi. The van der Waals surface area contributed by atoms with Crippen molar-refractivity contribution in [3.63, 3.8) is 0 Å². The van der Waals surface area contributed by atoms with Crippen LogP contribution in [0, 0.1) is 0 Å². The van der Waals surface area contributed by atoms with E-state index in [-0.39, 0.29) is 0 Å². The topological polar surface area (TPSA) is 9.23 Å². The summed E-state index contributed by atoms with van der Waals surface area (Å²) in [6.45, 7) is 2.81. The Morgan fingerprint density at radius 2 is 0.957 bits per heavy atom. The molecule has 3 aromatic carbocycles. The summed E-state index contributed by atoms with van der Waals surface area (Å²) in [5.74, 6) is 0. The number of hydrogen-bond acceptors (Lipinski definition) is 1. The molecule has 3 heteroatoms. The van der Waals surface area contributed by atoms with Crippen molar-refractivity contribution in [2.24, 2.45) is 0 Å². The van der Waals surface area contributed by atoms with Gasteiger partial charge in [0.15, 0.2) is 0 Å².